The Morgan fingerprint density at radius 2 is 2.04 bits per heavy atom. The van der Waals surface area contributed by atoms with E-state index in [2.05, 4.69) is 25.3 Å². The topological polar surface area (TPSA) is 93.2 Å². The van der Waals surface area contributed by atoms with Gasteiger partial charge in [-0.25, -0.2) is 14.8 Å². The first-order valence-electron chi connectivity index (χ1n) is 7.24. The van der Waals surface area contributed by atoms with Gasteiger partial charge in [-0.2, -0.15) is 0 Å². The molecule has 1 aliphatic rings. The summed E-state index contributed by atoms with van der Waals surface area (Å²) in [4.78, 5) is 31.6. The number of nitrogens with one attached hydrogen (secondary N) is 2. The lowest BCUT2D eigenvalue weighted by Gasteiger charge is -2.07. The molecular formula is C16H16N4O3. The van der Waals surface area contributed by atoms with Crippen LogP contribution >= 0.6 is 0 Å². The van der Waals surface area contributed by atoms with Crippen LogP contribution in [0.15, 0.2) is 36.7 Å². The Labute approximate surface area is 133 Å². The molecule has 0 radical (unpaired) electrons. The number of anilines is 2. The van der Waals surface area contributed by atoms with Crippen LogP contribution in [0.4, 0.5) is 11.5 Å². The molecule has 3 rings (SSSR count). The van der Waals surface area contributed by atoms with Gasteiger partial charge in [-0.3, -0.25) is 4.79 Å². The summed E-state index contributed by atoms with van der Waals surface area (Å²) in [6.07, 6.45) is 4.95. The van der Waals surface area contributed by atoms with E-state index >= 15 is 0 Å². The normalized spacial score (nSPS) is 13.3. The summed E-state index contributed by atoms with van der Waals surface area (Å²) in [6, 6.07) is 7.12. The van der Waals surface area contributed by atoms with Gasteiger partial charge < -0.3 is 15.4 Å². The third-order valence-electron chi connectivity index (χ3n) is 3.35. The maximum atomic E-state index is 11.8. The van der Waals surface area contributed by atoms with Crippen molar-refractivity contribution in [3.05, 3.63) is 47.9 Å². The lowest BCUT2D eigenvalue weighted by molar-refractivity contribution is 0.0600. The number of rotatable bonds is 5. The second-order valence-corrected chi connectivity index (χ2v) is 5.23. The number of amides is 1. The number of carbonyl (C=O) groups excluding carboxylic acids is 2. The molecule has 7 nitrogen and oxygen atoms in total. The van der Waals surface area contributed by atoms with Crippen molar-refractivity contribution in [3.8, 4) is 0 Å². The van der Waals surface area contributed by atoms with Crippen LogP contribution in [0.3, 0.4) is 0 Å². The van der Waals surface area contributed by atoms with Crippen LogP contribution in [-0.2, 0) is 4.74 Å². The molecule has 2 N–H and O–H groups in total. The summed E-state index contributed by atoms with van der Waals surface area (Å²) in [5.41, 5.74) is 1.40. The van der Waals surface area contributed by atoms with Gasteiger partial charge >= 0.3 is 5.97 Å². The second kappa shape index (κ2) is 6.43. The Hall–Kier alpha value is -2.96. The molecule has 0 aliphatic heterocycles. The molecule has 1 aliphatic carbocycles. The van der Waals surface area contributed by atoms with Gasteiger partial charge in [-0.15, -0.1) is 0 Å². The molecule has 0 saturated heterocycles. The van der Waals surface area contributed by atoms with E-state index in [0.717, 1.165) is 12.8 Å². The Morgan fingerprint density at radius 3 is 2.70 bits per heavy atom. The van der Waals surface area contributed by atoms with Gasteiger partial charge in [0.1, 0.15) is 11.5 Å². The molecule has 0 bridgehead atoms. The van der Waals surface area contributed by atoms with Crippen molar-refractivity contribution in [3.63, 3.8) is 0 Å². The molecule has 0 spiro atoms. The van der Waals surface area contributed by atoms with E-state index < -0.39 is 5.97 Å². The van der Waals surface area contributed by atoms with Gasteiger partial charge in [0, 0.05) is 11.7 Å². The molecule has 0 atom stereocenters. The monoisotopic (exact) mass is 312 g/mol. The van der Waals surface area contributed by atoms with Crippen molar-refractivity contribution in [2.45, 2.75) is 18.9 Å². The highest BCUT2D eigenvalue weighted by Gasteiger charge is 2.24. The quantitative estimate of drug-likeness (QED) is 0.819. The first kappa shape index (κ1) is 15.0. The van der Waals surface area contributed by atoms with Crippen molar-refractivity contribution >= 4 is 23.4 Å². The Bertz CT molecular complexity index is 726. The zero-order valence-corrected chi connectivity index (χ0v) is 12.6. The van der Waals surface area contributed by atoms with Crippen molar-refractivity contribution in [1.82, 2.24) is 15.3 Å². The summed E-state index contributed by atoms with van der Waals surface area (Å²) in [6.45, 7) is 0. The fraction of sp³-hybridized carbons (Fsp3) is 0.250. The van der Waals surface area contributed by atoms with Gasteiger partial charge in [-0.05, 0) is 31.0 Å². The molecule has 1 aromatic heterocycles. The lowest BCUT2D eigenvalue weighted by Crippen LogP contribution is -2.26. The van der Waals surface area contributed by atoms with Crippen LogP contribution in [0.25, 0.3) is 0 Å². The molecule has 1 amide bonds. The van der Waals surface area contributed by atoms with E-state index in [9.17, 15) is 9.59 Å². The molecule has 1 heterocycles. The molecule has 23 heavy (non-hydrogen) atoms. The summed E-state index contributed by atoms with van der Waals surface area (Å²) >= 11 is 0. The van der Waals surface area contributed by atoms with Gasteiger partial charge in [0.05, 0.1) is 25.1 Å². The first-order valence-corrected chi connectivity index (χ1v) is 7.24. The fourth-order valence-corrected chi connectivity index (χ4v) is 1.99. The summed E-state index contributed by atoms with van der Waals surface area (Å²) in [7, 11) is 1.33. The van der Waals surface area contributed by atoms with Crippen molar-refractivity contribution in [2.75, 3.05) is 12.4 Å². The van der Waals surface area contributed by atoms with Crippen LogP contribution in [0.2, 0.25) is 0 Å². The van der Waals surface area contributed by atoms with E-state index in [-0.39, 0.29) is 17.6 Å². The number of carbonyl (C=O) groups is 2. The minimum atomic E-state index is -0.410. The lowest BCUT2D eigenvalue weighted by atomic mass is 10.2. The number of methoxy groups -OCH3 is 1. The highest BCUT2D eigenvalue weighted by atomic mass is 16.5. The fourth-order valence-electron chi connectivity index (χ4n) is 1.99. The number of nitrogens with zero attached hydrogens (tertiary/aromatic N) is 2. The Morgan fingerprint density at radius 1 is 1.22 bits per heavy atom. The molecule has 1 saturated carbocycles. The van der Waals surface area contributed by atoms with Crippen LogP contribution in [0, 0.1) is 0 Å². The molecule has 1 aromatic carbocycles. The summed E-state index contributed by atoms with van der Waals surface area (Å²) < 4.78 is 4.68. The van der Waals surface area contributed by atoms with E-state index in [1.54, 1.807) is 24.3 Å². The van der Waals surface area contributed by atoms with Crippen molar-refractivity contribution in [2.24, 2.45) is 0 Å². The predicted octanol–water partition coefficient (Wildman–Crippen LogP) is 1.90. The first-order chi connectivity index (χ1) is 11.2. The second-order valence-electron chi connectivity index (χ2n) is 5.23. The van der Waals surface area contributed by atoms with Crippen LogP contribution in [0.1, 0.15) is 33.7 Å². The number of aromatic nitrogens is 2. The van der Waals surface area contributed by atoms with Crippen LogP contribution in [-0.4, -0.2) is 35.0 Å². The van der Waals surface area contributed by atoms with Crippen LogP contribution in [0.5, 0.6) is 0 Å². The van der Waals surface area contributed by atoms with Crippen molar-refractivity contribution < 1.29 is 14.3 Å². The van der Waals surface area contributed by atoms with E-state index in [1.165, 1.54) is 19.5 Å². The zero-order chi connectivity index (χ0) is 16.2. The van der Waals surface area contributed by atoms with E-state index in [1.807, 2.05) is 0 Å². The average molecular weight is 312 g/mol. The predicted molar refractivity (Wildman–Crippen MR) is 83.6 cm³/mol. The smallest absolute Gasteiger partial charge is 0.337 e. The molecule has 118 valence electrons. The van der Waals surface area contributed by atoms with Gasteiger partial charge in [0.25, 0.3) is 5.91 Å². The van der Waals surface area contributed by atoms with Gasteiger partial charge in [0.15, 0.2) is 0 Å². The third-order valence-corrected chi connectivity index (χ3v) is 3.35. The number of esters is 1. The molecule has 1 fully saturated rings. The highest BCUT2D eigenvalue weighted by molar-refractivity contribution is 5.92. The number of hydrogen-bond donors (Lipinski definition) is 2. The maximum absolute atomic E-state index is 11.8. The number of benzene rings is 1. The van der Waals surface area contributed by atoms with Gasteiger partial charge in [0.2, 0.25) is 0 Å². The minimum absolute atomic E-state index is 0.209. The highest BCUT2D eigenvalue weighted by Crippen LogP contribution is 2.19. The summed E-state index contributed by atoms with van der Waals surface area (Å²) in [5, 5.41) is 5.88. The minimum Gasteiger partial charge on any atom is -0.465 e. The molecule has 7 heteroatoms. The number of hydrogen-bond acceptors (Lipinski definition) is 6. The average Bonchev–Trinajstić information content (AvgIpc) is 3.39. The molecule has 2 aromatic rings. The number of ether oxygens (including phenoxy) is 1. The third kappa shape index (κ3) is 3.82. The van der Waals surface area contributed by atoms with Gasteiger partial charge in [-0.1, -0.05) is 6.07 Å². The zero-order valence-electron chi connectivity index (χ0n) is 12.6. The summed E-state index contributed by atoms with van der Waals surface area (Å²) in [5.74, 6) is -0.138. The van der Waals surface area contributed by atoms with E-state index in [0.29, 0.717) is 17.1 Å². The Balaban J connectivity index is 1.68. The standard InChI is InChI=1S/C16H16N4O3/c1-23-16(22)10-3-2-4-12(7-10)19-14-9-17-13(8-18-14)15(21)20-11-5-6-11/h2-4,7-9,11H,5-6H2,1H3,(H,18,19)(H,20,21). The molecule has 0 unspecified atom stereocenters. The largest absolute Gasteiger partial charge is 0.465 e. The maximum Gasteiger partial charge on any atom is 0.337 e. The SMILES string of the molecule is COC(=O)c1cccc(Nc2cnc(C(=O)NC3CC3)cn2)c1. The molecular weight excluding hydrogens is 296 g/mol. The van der Waals surface area contributed by atoms with E-state index in [4.69, 9.17) is 0 Å². The van der Waals surface area contributed by atoms with Crippen LogP contribution < -0.4 is 10.6 Å². The van der Waals surface area contributed by atoms with Crippen molar-refractivity contribution in [1.29, 1.82) is 0 Å². The Kier molecular flexibility index (Phi) is 4.18.